The van der Waals surface area contributed by atoms with Crippen LogP contribution in [0.2, 0.25) is 0 Å². The molecule has 0 aromatic heterocycles. The first kappa shape index (κ1) is 21.6. The molecule has 0 amide bonds. The molecule has 0 spiro atoms. The number of aliphatic hydroxyl groups is 3. The average Bonchev–Trinajstić information content (AvgIpc) is 2.92. The number of hydrogen-bond donors (Lipinski definition) is 3. The van der Waals surface area contributed by atoms with Gasteiger partial charge in [0, 0.05) is 6.61 Å². The lowest BCUT2D eigenvalue weighted by Gasteiger charge is -2.24. The Bertz CT molecular complexity index is 321. The van der Waals surface area contributed by atoms with E-state index in [-0.39, 0.29) is 13.2 Å². The average molecular weight is 344 g/mol. The minimum Gasteiger partial charge on any atom is -0.394 e. The second kappa shape index (κ2) is 13.8. The van der Waals surface area contributed by atoms with Crippen molar-refractivity contribution in [3.05, 3.63) is 12.2 Å². The largest absolute Gasteiger partial charge is 0.394 e. The zero-order chi connectivity index (χ0) is 17.6. The van der Waals surface area contributed by atoms with Crippen molar-refractivity contribution in [2.24, 2.45) is 0 Å². The van der Waals surface area contributed by atoms with Crippen LogP contribution in [0.15, 0.2) is 12.2 Å². The number of ether oxygens (including phenoxy) is 2. The van der Waals surface area contributed by atoms with Crippen LogP contribution in [-0.4, -0.2) is 59.6 Å². The maximum Gasteiger partial charge on any atom is 0.114 e. The summed E-state index contributed by atoms with van der Waals surface area (Å²) in [4.78, 5) is 0. The first-order chi connectivity index (χ1) is 11.7. The predicted octanol–water partition coefficient (Wildman–Crippen LogP) is 2.57. The van der Waals surface area contributed by atoms with E-state index in [4.69, 9.17) is 9.47 Å². The lowest BCUT2D eigenvalue weighted by Crippen LogP contribution is -2.42. The van der Waals surface area contributed by atoms with E-state index in [1.807, 2.05) is 0 Å². The summed E-state index contributed by atoms with van der Waals surface area (Å²) in [6, 6.07) is 0. The molecule has 1 fully saturated rings. The zero-order valence-corrected chi connectivity index (χ0v) is 15.1. The van der Waals surface area contributed by atoms with Gasteiger partial charge in [-0.3, -0.25) is 0 Å². The van der Waals surface area contributed by atoms with Crippen LogP contribution in [0.5, 0.6) is 0 Å². The van der Waals surface area contributed by atoms with Crippen LogP contribution in [0, 0.1) is 0 Å². The smallest absolute Gasteiger partial charge is 0.114 e. The van der Waals surface area contributed by atoms with Crippen molar-refractivity contribution in [2.75, 3.05) is 19.8 Å². The summed E-state index contributed by atoms with van der Waals surface area (Å²) < 4.78 is 10.9. The maximum atomic E-state index is 9.77. The Morgan fingerprint density at radius 2 is 1.71 bits per heavy atom. The van der Waals surface area contributed by atoms with E-state index in [0.29, 0.717) is 6.61 Å². The van der Waals surface area contributed by atoms with Gasteiger partial charge in [-0.2, -0.15) is 0 Å². The second-order valence-electron chi connectivity index (χ2n) is 6.62. The lowest BCUT2D eigenvalue weighted by molar-refractivity contribution is -0.101. The molecule has 5 nitrogen and oxygen atoms in total. The molecule has 1 rings (SSSR count). The molecule has 1 aliphatic heterocycles. The lowest BCUT2D eigenvalue weighted by atomic mass is 10.1. The SMILES string of the molecule is CCCCCCCC/C=C/CCCO[C@H](CO)[C@@H]1OC[C@H](O)[C@@H]1O. The molecule has 4 atom stereocenters. The third kappa shape index (κ3) is 8.58. The fourth-order valence-electron chi connectivity index (χ4n) is 2.92. The standard InChI is InChI=1S/C19H36O5/c1-2-3-4-5-6-7-8-9-10-11-12-13-23-17(14-20)19-18(22)16(21)15-24-19/h9-10,16-22H,2-8,11-15H2,1H3/b10-9+/t16-,17+,18-,19-/m0/s1. The Morgan fingerprint density at radius 3 is 2.33 bits per heavy atom. The maximum absolute atomic E-state index is 9.77. The fraction of sp³-hybridized carbons (Fsp3) is 0.895. The summed E-state index contributed by atoms with van der Waals surface area (Å²) in [5.41, 5.74) is 0. The van der Waals surface area contributed by atoms with Crippen molar-refractivity contribution in [3.8, 4) is 0 Å². The van der Waals surface area contributed by atoms with Crippen molar-refractivity contribution >= 4 is 0 Å². The fourth-order valence-corrected chi connectivity index (χ4v) is 2.92. The van der Waals surface area contributed by atoms with Crippen LogP contribution < -0.4 is 0 Å². The molecule has 5 heteroatoms. The van der Waals surface area contributed by atoms with Crippen LogP contribution in [0.3, 0.4) is 0 Å². The molecular weight excluding hydrogens is 308 g/mol. The molecule has 0 aliphatic carbocycles. The summed E-state index contributed by atoms with van der Waals surface area (Å²) in [7, 11) is 0. The monoisotopic (exact) mass is 344 g/mol. The Morgan fingerprint density at radius 1 is 1.04 bits per heavy atom. The van der Waals surface area contributed by atoms with Gasteiger partial charge in [0.25, 0.3) is 0 Å². The van der Waals surface area contributed by atoms with E-state index in [1.165, 1.54) is 38.5 Å². The van der Waals surface area contributed by atoms with Gasteiger partial charge in [-0.15, -0.1) is 0 Å². The van der Waals surface area contributed by atoms with Crippen LogP contribution in [0.4, 0.5) is 0 Å². The van der Waals surface area contributed by atoms with Crippen molar-refractivity contribution < 1.29 is 24.8 Å². The Balaban J connectivity index is 1.99. The molecule has 1 aliphatic rings. The van der Waals surface area contributed by atoms with Gasteiger partial charge in [-0.25, -0.2) is 0 Å². The highest BCUT2D eigenvalue weighted by Gasteiger charge is 2.40. The molecule has 0 unspecified atom stereocenters. The van der Waals surface area contributed by atoms with Crippen molar-refractivity contribution in [3.63, 3.8) is 0 Å². The van der Waals surface area contributed by atoms with Crippen LogP contribution >= 0.6 is 0 Å². The Kier molecular flexibility index (Phi) is 12.4. The van der Waals surface area contributed by atoms with E-state index in [9.17, 15) is 15.3 Å². The summed E-state index contributed by atoms with van der Waals surface area (Å²) in [5, 5.41) is 28.6. The third-order valence-corrected chi connectivity index (χ3v) is 4.47. The van der Waals surface area contributed by atoms with Crippen molar-refractivity contribution in [2.45, 2.75) is 89.1 Å². The molecule has 1 heterocycles. The van der Waals surface area contributed by atoms with Crippen molar-refractivity contribution in [1.82, 2.24) is 0 Å². The second-order valence-corrected chi connectivity index (χ2v) is 6.62. The van der Waals surface area contributed by atoms with Gasteiger partial charge in [0.15, 0.2) is 0 Å². The number of aliphatic hydroxyl groups excluding tert-OH is 3. The van der Waals surface area contributed by atoms with E-state index in [1.54, 1.807) is 0 Å². The summed E-state index contributed by atoms with van der Waals surface area (Å²) in [6.07, 6.45) is 12.2. The molecular formula is C19H36O5. The number of allylic oxidation sites excluding steroid dienone is 2. The van der Waals surface area contributed by atoms with E-state index in [0.717, 1.165) is 19.3 Å². The molecule has 142 valence electrons. The number of rotatable bonds is 14. The summed E-state index contributed by atoms with van der Waals surface area (Å²) in [5.74, 6) is 0. The number of unbranched alkanes of at least 4 members (excludes halogenated alkanes) is 7. The predicted molar refractivity (Wildman–Crippen MR) is 94.9 cm³/mol. The Labute approximate surface area is 146 Å². The van der Waals surface area contributed by atoms with Gasteiger partial charge in [0.1, 0.15) is 24.4 Å². The molecule has 0 radical (unpaired) electrons. The zero-order valence-electron chi connectivity index (χ0n) is 15.1. The van der Waals surface area contributed by atoms with Crippen LogP contribution in [0.1, 0.15) is 64.7 Å². The van der Waals surface area contributed by atoms with Gasteiger partial charge in [0.2, 0.25) is 0 Å². The first-order valence-electron chi connectivity index (χ1n) is 9.55. The van der Waals surface area contributed by atoms with Crippen molar-refractivity contribution in [1.29, 1.82) is 0 Å². The molecule has 0 saturated carbocycles. The molecule has 3 N–H and O–H groups in total. The normalized spacial score (nSPS) is 25.6. The molecule has 0 aromatic rings. The van der Waals surface area contributed by atoms with E-state index in [2.05, 4.69) is 19.1 Å². The minimum absolute atomic E-state index is 0.0902. The summed E-state index contributed by atoms with van der Waals surface area (Å²) >= 11 is 0. The third-order valence-electron chi connectivity index (χ3n) is 4.47. The molecule has 0 aromatic carbocycles. The molecule has 24 heavy (non-hydrogen) atoms. The first-order valence-corrected chi connectivity index (χ1v) is 9.55. The topological polar surface area (TPSA) is 79.2 Å². The van der Waals surface area contributed by atoms with Gasteiger partial charge in [-0.1, -0.05) is 51.2 Å². The van der Waals surface area contributed by atoms with Gasteiger partial charge >= 0.3 is 0 Å². The highest BCUT2D eigenvalue weighted by Crippen LogP contribution is 2.19. The highest BCUT2D eigenvalue weighted by molar-refractivity contribution is 4.88. The summed E-state index contributed by atoms with van der Waals surface area (Å²) in [6.45, 7) is 2.62. The van der Waals surface area contributed by atoms with Gasteiger partial charge in [0.05, 0.1) is 13.2 Å². The van der Waals surface area contributed by atoms with Crippen LogP contribution in [0.25, 0.3) is 0 Å². The quantitative estimate of drug-likeness (QED) is 0.333. The minimum atomic E-state index is -0.987. The molecule has 0 bridgehead atoms. The van der Waals surface area contributed by atoms with E-state index >= 15 is 0 Å². The molecule has 1 saturated heterocycles. The van der Waals surface area contributed by atoms with Gasteiger partial charge in [-0.05, 0) is 25.7 Å². The van der Waals surface area contributed by atoms with Gasteiger partial charge < -0.3 is 24.8 Å². The van der Waals surface area contributed by atoms with E-state index < -0.39 is 24.4 Å². The number of hydrogen-bond acceptors (Lipinski definition) is 5. The highest BCUT2D eigenvalue weighted by atomic mass is 16.6. The van der Waals surface area contributed by atoms with Crippen LogP contribution in [-0.2, 0) is 9.47 Å². The Hall–Kier alpha value is -0.460.